The Morgan fingerprint density at radius 3 is 2.93 bits per heavy atom. The first kappa shape index (κ1) is 18.4. The smallest absolute Gasteiger partial charge is 0.288 e. The van der Waals surface area contributed by atoms with Gasteiger partial charge < -0.3 is 24.8 Å². The van der Waals surface area contributed by atoms with Gasteiger partial charge in [0.25, 0.3) is 5.91 Å². The number of aromatic nitrogens is 1. The minimum atomic E-state index is -0.793. The Morgan fingerprint density at radius 1 is 1.32 bits per heavy atom. The zero-order valence-electron chi connectivity index (χ0n) is 15.0. The number of aliphatic hydroxyl groups is 1. The maximum atomic E-state index is 14.4. The molecule has 2 atom stereocenters. The molecule has 8 heteroatoms. The number of rotatable bonds is 4. The first-order valence-electron chi connectivity index (χ1n) is 9.02. The summed E-state index contributed by atoms with van der Waals surface area (Å²) < 4.78 is 25.1. The highest BCUT2D eigenvalue weighted by atomic mass is 19.1. The third-order valence-electron chi connectivity index (χ3n) is 4.71. The predicted molar refractivity (Wildman–Crippen MR) is 98.9 cm³/mol. The monoisotopic (exact) mass is 385 g/mol. The summed E-state index contributed by atoms with van der Waals surface area (Å²) in [6.07, 6.45) is 4.59. The highest BCUT2D eigenvalue weighted by molar-refractivity contribution is 5.93. The van der Waals surface area contributed by atoms with E-state index in [-0.39, 0.29) is 18.1 Å². The molecule has 4 rings (SSSR count). The van der Waals surface area contributed by atoms with E-state index < -0.39 is 23.9 Å². The fourth-order valence-electron chi connectivity index (χ4n) is 3.22. The minimum Gasteiger partial charge on any atom is -0.445 e. The molecule has 1 fully saturated rings. The largest absolute Gasteiger partial charge is 0.445 e. The number of anilines is 1. The number of carbonyl (C=O) groups excluding carboxylic acids is 1. The Labute approximate surface area is 161 Å². The van der Waals surface area contributed by atoms with E-state index >= 15 is 0 Å². The van der Waals surface area contributed by atoms with Gasteiger partial charge in [-0.15, -0.1) is 0 Å². The van der Waals surface area contributed by atoms with Gasteiger partial charge in [-0.2, -0.15) is 0 Å². The topological polar surface area (TPSA) is 83.9 Å². The summed E-state index contributed by atoms with van der Waals surface area (Å²) >= 11 is 0. The number of fused-ring (bicyclic) bond motifs is 1. The fourth-order valence-corrected chi connectivity index (χ4v) is 3.22. The number of hydrogen-bond donors (Lipinski definition) is 2. The summed E-state index contributed by atoms with van der Waals surface area (Å²) in [5.41, 5.74) is 1.47. The Balaban J connectivity index is 1.60. The van der Waals surface area contributed by atoms with Gasteiger partial charge in [-0.1, -0.05) is 6.07 Å². The zero-order valence-corrected chi connectivity index (χ0v) is 15.0. The highest BCUT2D eigenvalue weighted by Crippen LogP contribution is 2.37. The summed E-state index contributed by atoms with van der Waals surface area (Å²) in [7, 11) is 0. The second-order valence-corrected chi connectivity index (χ2v) is 6.68. The molecule has 7 nitrogen and oxygen atoms in total. The van der Waals surface area contributed by atoms with Crippen molar-refractivity contribution in [2.45, 2.75) is 25.1 Å². The second-order valence-electron chi connectivity index (χ2n) is 6.68. The number of benzene rings is 1. The number of para-hydroxylation sites is 1. The van der Waals surface area contributed by atoms with Gasteiger partial charge >= 0.3 is 0 Å². The van der Waals surface area contributed by atoms with E-state index in [2.05, 4.69) is 10.3 Å². The van der Waals surface area contributed by atoms with E-state index in [9.17, 15) is 14.3 Å². The Hall–Kier alpha value is -2.97. The van der Waals surface area contributed by atoms with Crippen LogP contribution in [0.15, 0.2) is 54.7 Å². The Bertz CT molecular complexity index is 890. The van der Waals surface area contributed by atoms with Gasteiger partial charge in [0, 0.05) is 25.5 Å². The second kappa shape index (κ2) is 7.95. The molecule has 2 unspecified atom stereocenters. The van der Waals surface area contributed by atoms with Crippen LogP contribution < -0.4 is 15.0 Å². The van der Waals surface area contributed by atoms with Crippen molar-refractivity contribution in [3.8, 4) is 5.75 Å². The van der Waals surface area contributed by atoms with Crippen LogP contribution in [0.1, 0.15) is 12.0 Å². The van der Waals surface area contributed by atoms with E-state index in [0.29, 0.717) is 25.3 Å². The van der Waals surface area contributed by atoms with Crippen LogP contribution in [-0.2, 0) is 16.1 Å². The van der Waals surface area contributed by atoms with Crippen LogP contribution in [-0.4, -0.2) is 41.4 Å². The van der Waals surface area contributed by atoms with Gasteiger partial charge in [-0.25, -0.2) is 4.39 Å². The number of pyridine rings is 1. The number of carbonyl (C=O) groups is 1. The molecule has 0 radical (unpaired) electrons. The summed E-state index contributed by atoms with van der Waals surface area (Å²) in [5.74, 6) is -1.11. The molecule has 146 valence electrons. The summed E-state index contributed by atoms with van der Waals surface area (Å²) in [6.45, 7) is 1.03. The van der Waals surface area contributed by atoms with Gasteiger partial charge in [-0.3, -0.25) is 9.78 Å². The van der Waals surface area contributed by atoms with Gasteiger partial charge in [0.1, 0.15) is 0 Å². The van der Waals surface area contributed by atoms with Crippen LogP contribution in [0.4, 0.5) is 10.1 Å². The normalized spacial score (nSPS) is 21.4. The van der Waals surface area contributed by atoms with Crippen molar-refractivity contribution in [3.63, 3.8) is 0 Å². The van der Waals surface area contributed by atoms with E-state index in [1.54, 1.807) is 35.6 Å². The standard InChI is InChI=1S/C20H20FN3O4/c21-14-2-1-3-16-19(14)28-18(11-24(16)10-13-4-7-22-8-5-13)20(26)23-15-6-9-27-12-17(15)25/h1-5,7-8,11,15,17,25H,6,9-10,12H2,(H,23,26). The number of ether oxygens (including phenoxy) is 2. The first-order chi connectivity index (χ1) is 13.6. The van der Waals surface area contributed by atoms with Crippen LogP contribution in [0.5, 0.6) is 5.75 Å². The highest BCUT2D eigenvalue weighted by Gasteiger charge is 2.30. The van der Waals surface area contributed by atoms with E-state index in [4.69, 9.17) is 9.47 Å². The molecule has 1 saturated heterocycles. The molecule has 1 aromatic heterocycles. The summed E-state index contributed by atoms with van der Waals surface area (Å²) in [6, 6.07) is 7.86. The number of halogens is 1. The Kier molecular flexibility index (Phi) is 5.23. The van der Waals surface area contributed by atoms with Crippen LogP contribution in [0.25, 0.3) is 0 Å². The maximum absolute atomic E-state index is 14.4. The van der Waals surface area contributed by atoms with Crippen molar-refractivity contribution in [3.05, 3.63) is 66.1 Å². The minimum absolute atomic E-state index is 0.00303. The number of amides is 1. The molecule has 3 heterocycles. The molecule has 1 aromatic carbocycles. The molecule has 2 aliphatic heterocycles. The lowest BCUT2D eigenvalue weighted by Crippen LogP contribution is -2.49. The molecule has 0 spiro atoms. The van der Waals surface area contributed by atoms with Gasteiger partial charge in [-0.05, 0) is 36.2 Å². The molecule has 28 heavy (non-hydrogen) atoms. The van der Waals surface area contributed by atoms with E-state index in [1.807, 2.05) is 12.1 Å². The lowest BCUT2D eigenvalue weighted by molar-refractivity contribution is -0.122. The van der Waals surface area contributed by atoms with Gasteiger partial charge in [0.05, 0.1) is 30.6 Å². The lowest BCUT2D eigenvalue weighted by Gasteiger charge is -2.31. The maximum Gasteiger partial charge on any atom is 0.288 e. The molecule has 0 bridgehead atoms. The molecule has 0 aliphatic carbocycles. The first-order valence-corrected chi connectivity index (χ1v) is 9.02. The summed E-state index contributed by atoms with van der Waals surface area (Å²) in [5, 5.41) is 12.7. The molecule has 2 aliphatic rings. The average molecular weight is 385 g/mol. The van der Waals surface area contributed by atoms with E-state index in [0.717, 1.165) is 5.56 Å². The number of nitrogens with one attached hydrogen (secondary N) is 1. The van der Waals surface area contributed by atoms with Crippen molar-refractivity contribution in [2.75, 3.05) is 18.1 Å². The average Bonchev–Trinajstić information content (AvgIpc) is 2.71. The molecular formula is C20H20FN3O4. The van der Waals surface area contributed by atoms with Gasteiger partial charge in [0.15, 0.2) is 11.6 Å². The molecule has 2 aromatic rings. The third-order valence-corrected chi connectivity index (χ3v) is 4.71. The number of hydrogen-bond acceptors (Lipinski definition) is 6. The molecule has 1 amide bonds. The van der Waals surface area contributed by atoms with Crippen molar-refractivity contribution in [1.29, 1.82) is 0 Å². The SMILES string of the molecule is O=C(NC1CCOCC1O)C1=CN(Cc2ccncc2)c2cccc(F)c2O1. The quantitative estimate of drug-likeness (QED) is 0.834. The van der Waals surface area contributed by atoms with E-state index in [1.165, 1.54) is 6.07 Å². The zero-order chi connectivity index (χ0) is 19.5. The number of aliphatic hydroxyl groups excluding tert-OH is 1. The summed E-state index contributed by atoms with van der Waals surface area (Å²) in [4.78, 5) is 18.5. The van der Waals surface area contributed by atoms with Crippen LogP contribution in [0.2, 0.25) is 0 Å². The van der Waals surface area contributed by atoms with Crippen LogP contribution >= 0.6 is 0 Å². The van der Waals surface area contributed by atoms with Crippen molar-refractivity contribution in [2.24, 2.45) is 0 Å². The Morgan fingerprint density at radius 2 is 2.14 bits per heavy atom. The molecular weight excluding hydrogens is 365 g/mol. The van der Waals surface area contributed by atoms with Crippen molar-refractivity contribution >= 4 is 11.6 Å². The number of nitrogens with zero attached hydrogens (tertiary/aromatic N) is 2. The van der Waals surface area contributed by atoms with Crippen LogP contribution in [0, 0.1) is 5.82 Å². The van der Waals surface area contributed by atoms with Crippen molar-refractivity contribution in [1.82, 2.24) is 10.3 Å². The van der Waals surface area contributed by atoms with Crippen molar-refractivity contribution < 1.29 is 23.8 Å². The molecule has 0 saturated carbocycles. The van der Waals surface area contributed by atoms with Gasteiger partial charge in [0.2, 0.25) is 5.76 Å². The third kappa shape index (κ3) is 3.83. The van der Waals surface area contributed by atoms with Crippen LogP contribution in [0.3, 0.4) is 0 Å². The predicted octanol–water partition coefficient (Wildman–Crippen LogP) is 1.73. The lowest BCUT2D eigenvalue weighted by atomic mass is 10.1. The fraction of sp³-hybridized carbons (Fsp3) is 0.300. The molecule has 2 N–H and O–H groups in total.